The van der Waals surface area contributed by atoms with E-state index in [4.69, 9.17) is 9.47 Å². The highest BCUT2D eigenvalue weighted by Crippen LogP contribution is 1.86. The van der Waals surface area contributed by atoms with Crippen LogP contribution in [0.1, 0.15) is 0 Å². The lowest BCUT2D eigenvalue weighted by molar-refractivity contribution is -0.0961. The molecule has 5 nitrogen and oxygen atoms in total. The third-order valence-corrected chi connectivity index (χ3v) is 1.30. The summed E-state index contributed by atoms with van der Waals surface area (Å²) in [5, 5.41) is 0. The summed E-state index contributed by atoms with van der Waals surface area (Å²) in [6.45, 7) is 0.128. The number of methoxy groups -OCH3 is 2. The lowest BCUT2D eigenvalue weighted by Crippen LogP contribution is -2.30. The van der Waals surface area contributed by atoms with Crippen LogP contribution in [0, 0.1) is 0 Å². The maximum absolute atomic E-state index is 9.91. The highest BCUT2D eigenvalue weighted by atomic mass is 32.2. The molecule has 62 valence electrons. The predicted molar refractivity (Wildman–Crippen MR) is 34.7 cm³/mol. The Morgan fingerprint density at radius 1 is 1.60 bits per heavy atom. The Kier molecular flexibility index (Phi) is 5.74. The number of rotatable bonds is 5. The van der Waals surface area contributed by atoms with E-state index in [1.54, 1.807) is 0 Å². The van der Waals surface area contributed by atoms with Gasteiger partial charge in [0.15, 0.2) is 6.29 Å². The molecule has 0 saturated carbocycles. The Bertz CT molecular complexity index is 105. The van der Waals surface area contributed by atoms with E-state index in [-0.39, 0.29) is 6.54 Å². The Balaban J connectivity index is 3.34. The molecule has 1 N–H and O–H groups in total. The SMILES string of the molecule is COC(CNS(=O)[O-])OC. The topological polar surface area (TPSA) is 70.6 Å². The summed E-state index contributed by atoms with van der Waals surface area (Å²) < 4.78 is 31.3. The van der Waals surface area contributed by atoms with E-state index in [0.717, 1.165) is 0 Å². The van der Waals surface area contributed by atoms with Gasteiger partial charge in [0.25, 0.3) is 0 Å². The zero-order chi connectivity index (χ0) is 7.98. The van der Waals surface area contributed by atoms with Gasteiger partial charge in [-0.05, 0) is 0 Å². The molecule has 0 aromatic rings. The van der Waals surface area contributed by atoms with Crippen LogP contribution in [0.15, 0.2) is 0 Å². The summed E-state index contributed by atoms with van der Waals surface area (Å²) in [5.41, 5.74) is 0. The molecule has 6 heteroatoms. The maximum Gasteiger partial charge on any atom is 0.170 e. The van der Waals surface area contributed by atoms with Gasteiger partial charge in [-0.1, -0.05) is 0 Å². The quantitative estimate of drug-likeness (QED) is 0.422. The standard InChI is InChI=1S/C4H11NO4S/c1-8-4(9-2)3-5-10(6)7/h4-5H,3H2,1-2H3,(H,6,7)/p-1. The van der Waals surface area contributed by atoms with Crippen molar-refractivity contribution in [2.45, 2.75) is 6.29 Å². The molecule has 0 spiro atoms. The van der Waals surface area contributed by atoms with E-state index < -0.39 is 17.6 Å². The fourth-order valence-electron chi connectivity index (χ4n) is 0.399. The van der Waals surface area contributed by atoms with Crippen LogP contribution >= 0.6 is 0 Å². The third-order valence-electron chi connectivity index (χ3n) is 0.894. The number of nitrogens with one attached hydrogen (secondary N) is 1. The molecule has 0 amide bonds. The first-order chi connectivity index (χ1) is 4.70. The van der Waals surface area contributed by atoms with Crippen LogP contribution in [0.25, 0.3) is 0 Å². The second-order valence-corrected chi connectivity index (χ2v) is 2.24. The van der Waals surface area contributed by atoms with E-state index in [1.807, 2.05) is 0 Å². The zero-order valence-electron chi connectivity index (χ0n) is 5.83. The van der Waals surface area contributed by atoms with E-state index in [0.29, 0.717) is 0 Å². The minimum atomic E-state index is -2.25. The van der Waals surface area contributed by atoms with Crippen molar-refractivity contribution in [2.75, 3.05) is 20.8 Å². The normalized spacial score (nSPS) is 14.0. The van der Waals surface area contributed by atoms with Crippen molar-refractivity contribution in [3.05, 3.63) is 0 Å². The smallest absolute Gasteiger partial charge is 0.170 e. The number of hydrogen-bond donors (Lipinski definition) is 1. The van der Waals surface area contributed by atoms with E-state index in [1.165, 1.54) is 14.2 Å². The van der Waals surface area contributed by atoms with Gasteiger partial charge in [-0.25, -0.2) is 4.72 Å². The molecule has 0 radical (unpaired) electrons. The summed E-state index contributed by atoms with van der Waals surface area (Å²) in [6.07, 6.45) is -0.516. The van der Waals surface area contributed by atoms with Gasteiger partial charge >= 0.3 is 0 Å². The average Bonchev–Trinajstić information content (AvgIpc) is 1.90. The van der Waals surface area contributed by atoms with Gasteiger partial charge < -0.3 is 14.0 Å². The summed E-state index contributed by atoms with van der Waals surface area (Å²) >= 11 is -2.25. The fourth-order valence-corrected chi connectivity index (χ4v) is 0.671. The largest absolute Gasteiger partial charge is 0.760 e. The minimum absolute atomic E-state index is 0.128. The van der Waals surface area contributed by atoms with Gasteiger partial charge in [-0.15, -0.1) is 0 Å². The predicted octanol–water partition coefficient (Wildman–Crippen LogP) is -1.01. The molecule has 0 aliphatic heterocycles. The van der Waals surface area contributed by atoms with E-state index in [9.17, 15) is 8.76 Å². The molecule has 1 atom stereocenters. The molecular weight excluding hydrogens is 158 g/mol. The van der Waals surface area contributed by atoms with Crippen molar-refractivity contribution < 1.29 is 18.2 Å². The molecule has 0 rings (SSSR count). The molecule has 1 unspecified atom stereocenters. The molecule has 0 fully saturated rings. The van der Waals surface area contributed by atoms with E-state index in [2.05, 4.69) is 4.72 Å². The summed E-state index contributed by atoms with van der Waals surface area (Å²) in [4.78, 5) is 0. The van der Waals surface area contributed by atoms with E-state index >= 15 is 0 Å². The van der Waals surface area contributed by atoms with Crippen LogP contribution < -0.4 is 4.72 Å². The molecular formula is C4H10NO4S-. The number of hydrogen-bond acceptors (Lipinski definition) is 4. The first-order valence-electron chi connectivity index (χ1n) is 2.59. The Morgan fingerprint density at radius 3 is 2.40 bits per heavy atom. The van der Waals surface area contributed by atoms with Gasteiger partial charge in [-0.2, -0.15) is 0 Å². The summed E-state index contributed by atoms with van der Waals surface area (Å²) in [6, 6.07) is 0. The highest BCUT2D eigenvalue weighted by molar-refractivity contribution is 7.77. The first kappa shape index (κ1) is 9.99. The van der Waals surface area contributed by atoms with Gasteiger partial charge in [0.2, 0.25) is 0 Å². The highest BCUT2D eigenvalue weighted by Gasteiger charge is 2.02. The molecule has 0 aromatic heterocycles. The second-order valence-electron chi connectivity index (χ2n) is 1.48. The Hall–Kier alpha value is -0.0100. The molecule has 0 heterocycles. The van der Waals surface area contributed by atoms with Gasteiger partial charge in [-0.3, -0.25) is 4.21 Å². The van der Waals surface area contributed by atoms with Crippen LogP contribution in [0.4, 0.5) is 0 Å². The second kappa shape index (κ2) is 5.75. The molecule has 0 saturated heterocycles. The van der Waals surface area contributed by atoms with Crippen molar-refractivity contribution in [1.29, 1.82) is 0 Å². The lowest BCUT2D eigenvalue weighted by Gasteiger charge is -2.14. The minimum Gasteiger partial charge on any atom is -0.760 e. The van der Waals surface area contributed by atoms with Crippen molar-refractivity contribution in [2.24, 2.45) is 0 Å². The van der Waals surface area contributed by atoms with Crippen LogP contribution in [-0.2, 0) is 20.7 Å². The molecule has 10 heavy (non-hydrogen) atoms. The van der Waals surface area contributed by atoms with Gasteiger partial charge in [0.05, 0.1) is 6.54 Å². The molecule has 0 aromatic carbocycles. The van der Waals surface area contributed by atoms with Crippen LogP contribution in [0.5, 0.6) is 0 Å². The summed E-state index contributed by atoms with van der Waals surface area (Å²) in [5.74, 6) is 0. The molecule has 0 aliphatic carbocycles. The average molecular weight is 168 g/mol. The van der Waals surface area contributed by atoms with Crippen LogP contribution in [0.2, 0.25) is 0 Å². The molecule has 0 aliphatic rings. The van der Waals surface area contributed by atoms with Crippen molar-refractivity contribution >= 4 is 11.3 Å². The van der Waals surface area contributed by atoms with Gasteiger partial charge in [0.1, 0.15) is 0 Å². The van der Waals surface area contributed by atoms with Crippen molar-refractivity contribution in [3.8, 4) is 0 Å². The number of ether oxygens (including phenoxy) is 2. The first-order valence-corrected chi connectivity index (χ1v) is 3.66. The summed E-state index contributed by atoms with van der Waals surface area (Å²) in [7, 11) is 2.87. The van der Waals surface area contributed by atoms with Gasteiger partial charge in [0, 0.05) is 25.5 Å². The Morgan fingerprint density at radius 2 is 2.10 bits per heavy atom. The Labute approximate surface area is 62.1 Å². The maximum atomic E-state index is 9.91. The third kappa shape index (κ3) is 4.83. The fraction of sp³-hybridized carbons (Fsp3) is 1.00. The molecule has 0 bridgehead atoms. The van der Waals surface area contributed by atoms with Crippen LogP contribution in [0.3, 0.4) is 0 Å². The monoisotopic (exact) mass is 168 g/mol. The van der Waals surface area contributed by atoms with Crippen LogP contribution in [-0.4, -0.2) is 35.8 Å². The zero-order valence-corrected chi connectivity index (χ0v) is 6.64. The van der Waals surface area contributed by atoms with Crippen molar-refractivity contribution in [3.63, 3.8) is 0 Å². The van der Waals surface area contributed by atoms with Crippen molar-refractivity contribution in [1.82, 2.24) is 4.72 Å². The lowest BCUT2D eigenvalue weighted by atomic mass is 10.6.